The molecule has 0 bridgehead atoms. The number of methoxy groups -OCH3 is 1. The van der Waals surface area contributed by atoms with E-state index in [1.54, 1.807) is 37.4 Å². The Labute approximate surface area is 168 Å². The second-order valence-corrected chi connectivity index (χ2v) is 6.36. The van der Waals surface area contributed by atoms with E-state index < -0.39 is 6.03 Å². The highest BCUT2D eigenvalue weighted by molar-refractivity contribution is 5.89. The van der Waals surface area contributed by atoms with Gasteiger partial charge in [-0.2, -0.15) is 0 Å². The zero-order valence-electron chi connectivity index (χ0n) is 16.2. The summed E-state index contributed by atoms with van der Waals surface area (Å²) in [6.07, 6.45) is 0. The molecule has 0 heterocycles. The van der Waals surface area contributed by atoms with E-state index in [0.717, 1.165) is 22.3 Å². The fourth-order valence-corrected chi connectivity index (χ4v) is 2.96. The Balaban J connectivity index is 1.86. The van der Waals surface area contributed by atoms with E-state index in [2.05, 4.69) is 5.32 Å². The number of anilines is 1. The van der Waals surface area contributed by atoms with Gasteiger partial charge in [0.2, 0.25) is 0 Å². The first-order valence-electron chi connectivity index (χ1n) is 8.94. The van der Waals surface area contributed by atoms with E-state index in [0.29, 0.717) is 17.2 Å². The van der Waals surface area contributed by atoms with Crippen LogP contribution in [0.1, 0.15) is 11.1 Å². The minimum absolute atomic E-state index is 0.238. The number of urea groups is 1. The summed E-state index contributed by atoms with van der Waals surface area (Å²) in [5, 5.41) is 2.69. The summed E-state index contributed by atoms with van der Waals surface area (Å²) in [5.74, 6) is 6.12. The molecule has 7 heteroatoms. The number of hydrogen-bond donors (Lipinski definition) is 3. The second-order valence-electron chi connectivity index (χ2n) is 6.36. The molecule has 0 spiro atoms. The van der Waals surface area contributed by atoms with E-state index in [-0.39, 0.29) is 12.4 Å². The molecule has 0 aliphatic heterocycles. The summed E-state index contributed by atoms with van der Waals surface area (Å²) < 4.78 is 24.7. The fraction of sp³-hybridized carbons (Fsp3) is 0.136. The monoisotopic (exact) mass is 395 g/mol. The van der Waals surface area contributed by atoms with Crippen LogP contribution in [0.2, 0.25) is 0 Å². The number of nitrogens with one attached hydrogen (secondary N) is 2. The number of aryl methyl sites for hydroxylation is 1. The molecule has 6 nitrogen and oxygen atoms in total. The molecule has 0 saturated carbocycles. The first kappa shape index (κ1) is 20.2. The lowest BCUT2D eigenvalue weighted by Gasteiger charge is -2.16. The largest absolute Gasteiger partial charge is 0.496 e. The Bertz CT molecular complexity index is 1010. The summed E-state index contributed by atoms with van der Waals surface area (Å²) in [4.78, 5) is 11.6. The highest BCUT2D eigenvalue weighted by Gasteiger charge is 2.12. The maximum Gasteiger partial charge on any atom is 0.333 e. The number of amides is 2. The number of nitrogens with two attached hydrogens (primary N) is 1. The maximum atomic E-state index is 13.3. The molecule has 4 N–H and O–H groups in total. The third-order valence-corrected chi connectivity index (χ3v) is 4.50. The lowest BCUT2D eigenvalue weighted by atomic mass is 10.0. The Morgan fingerprint density at radius 2 is 1.86 bits per heavy atom. The lowest BCUT2D eigenvalue weighted by molar-refractivity contribution is 0.252. The van der Waals surface area contributed by atoms with Crippen molar-refractivity contribution < 1.29 is 18.7 Å². The van der Waals surface area contributed by atoms with Crippen molar-refractivity contribution in [3.63, 3.8) is 0 Å². The highest BCUT2D eigenvalue weighted by atomic mass is 19.1. The molecule has 0 fully saturated rings. The van der Waals surface area contributed by atoms with Gasteiger partial charge in [0.05, 0.1) is 7.11 Å². The van der Waals surface area contributed by atoms with Gasteiger partial charge in [-0.3, -0.25) is 5.43 Å². The average Bonchev–Trinajstić information content (AvgIpc) is 2.73. The molecule has 0 aromatic heterocycles. The number of hydrazine groups is 1. The highest BCUT2D eigenvalue weighted by Crippen LogP contribution is 2.34. The first-order chi connectivity index (χ1) is 14.0. The number of rotatable bonds is 6. The van der Waals surface area contributed by atoms with Crippen LogP contribution in [0.4, 0.5) is 14.9 Å². The number of hydrogen-bond acceptors (Lipinski definition) is 4. The van der Waals surface area contributed by atoms with Crippen LogP contribution in [0.5, 0.6) is 11.5 Å². The standard InChI is InChI=1S/C22H22FN3O3/c1-14-4-3-5-20(25-22(27)26-24)19(14)13-29-17-10-11-21(28-2)18(12-17)15-6-8-16(23)9-7-15/h3-12H,13,24H2,1-2H3,(H2,25,26,27). The van der Waals surface area contributed by atoms with Crippen LogP contribution in [0, 0.1) is 12.7 Å². The van der Waals surface area contributed by atoms with Gasteiger partial charge in [-0.25, -0.2) is 15.0 Å². The SMILES string of the molecule is COc1ccc(OCc2c(C)cccc2NC(=O)NN)cc1-c1ccc(F)cc1. The molecule has 0 aliphatic carbocycles. The molecule has 0 aliphatic rings. The number of carbonyl (C=O) groups excluding carboxylic acids is 1. The fourth-order valence-electron chi connectivity index (χ4n) is 2.96. The zero-order chi connectivity index (χ0) is 20.8. The first-order valence-corrected chi connectivity index (χ1v) is 8.94. The number of benzene rings is 3. The van der Waals surface area contributed by atoms with Gasteiger partial charge in [-0.05, 0) is 54.4 Å². The Morgan fingerprint density at radius 1 is 1.10 bits per heavy atom. The molecule has 29 heavy (non-hydrogen) atoms. The molecular weight excluding hydrogens is 373 g/mol. The van der Waals surface area contributed by atoms with Gasteiger partial charge in [-0.15, -0.1) is 0 Å². The molecule has 0 unspecified atom stereocenters. The topological polar surface area (TPSA) is 85.6 Å². The minimum atomic E-state index is -0.514. The van der Waals surface area contributed by atoms with Gasteiger partial charge in [0, 0.05) is 16.8 Å². The van der Waals surface area contributed by atoms with Gasteiger partial charge >= 0.3 is 6.03 Å². The van der Waals surface area contributed by atoms with Crippen LogP contribution in [0.15, 0.2) is 60.7 Å². The molecule has 2 amide bonds. The molecule has 0 atom stereocenters. The van der Waals surface area contributed by atoms with Crippen LogP contribution < -0.4 is 26.1 Å². The molecule has 0 saturated heterocycles. The van der Waals surface area contributed by atoms with E-state index in [4.69, 9.17) is 15.3 Å². The Morgan fingerprint density at radius 3 is 2.55 bits per heavy atom. The van der Waals surface area contributed by atoms with Crippen molar-refractivity contribution in [2.45, 2.75) is 13.5 Å². The van der Waals surface area contributed by atoms with Gasteiger partial charge in [-0.1, -0.05) is 24.3 Å². The van der Waals surface area contributed by atoms with Crippen LogP contribution >= 0.6 is 0 Å². The van der Waals surface area contributed by atoms with Crippen molar-refractivity contribution in [2.24, 2.45) is 5.84 Å². The van der Waals surface area contributed by atoms with Crippen molar-refractivity contribution in [2.75, 3.05) is 12.4 Å². The van der Waals surface area contributed by atoms with E-state index >= 15 is 0 Å². The number of ether oxygens (including phenoxy) is 2. The van der Waals surface area contributed by atoms with E-state index in [1.165, 1.54) is 12.1 Å². The zero-order valence-corrected chi connectivity index (χ0v) is 16.2. The maximum absolute atomic E-state index is 13.3. The lowest BCUT2D eigenvalue weighted by Crippen LogP contribution is -2.34. The van der Waals surface area contributed by atoms with E-state index in [9.17, 15) is 9.18 Å². The summed E-state index contributed by atoms with van der Waals surface area (Å²) in [5.41, 5.74) is 6.05. The third-order valence-electron chi connectivity index (χ3n) is 4.50. The van der Waals surface area contributed by atoms with Crippen LogP contribution in [-0.2, 0) is 6.61 Å². The van der Waals surface area contributed by atoms with E-state index in [1.807, 2.05) is 30.5 Å². The summed E-state index contributed by atoms with van der Waals surface area (Å²) in [6, 6.07) is 16.6. The summed E-state index contributed by atoms with van der Waals surface area (Å²) in [7, 11) is 1.58. The van der Waals surface area contributed by atoms with Crippen molar-refractivity contribution in [1.29, 1.82) is 0 Å². The third kappa shape index (κ3) is 4.83. The molecule has 3 rings (SSSR count). The predicted molar refractivity (Wildman–Crippen MR) is 110 cm³/mol. The molecule has 3 aromatic carbocycles. The normalized spacial score (nSPS) is 10.3. The van der Waals surface area contributed by atoms with Crippen molar-refractivity contribution in [3.8, 4) is 22.6 Å². The number of carbonyl (C=O) groups is 1. The van der Waals surface area contributed by atoms with Gasteiger partial charge in [0.25, 0.3) is 0 Å². The van der Waals surface area contributed by atoms with Crippen molar-refractivity contribution in [1.82, 2.24) is 5.43 Å². The molecule has 150 valence electrons. The predicted octanol–water partition coefficient (Wildman–Crippen LogP) is 4.38. The van der Waals surface area contributed by atoms with Crippen LogP contribution in [0.25, 0.3) is 11.1 Å². The summed E-state index contributed by atoms with van der Waals surface area (Å²) in [6.45, 7) is 2.17. The quantitative estimate of drug-likeness (QED) is 0.328. The second kappa shape index (κ2) is 9.07. The summed E-state index contributed by atoms with van der Waals surface area (Å²) >= 11 is 0. The molecular formula is C22H22FN3O3. The van der Waals surface area contributed by atoms with Gasteiger partial charge in [0.15, 0.2) is 0 Å². The van der Waals surface area contributed by atoms with Gasteiger partial charge < -0.3 is 14.8 Å². The van der Waals surface area contributed by atoms with Crippen LogP contribution in [0.3, 0.4) is 0 Å². The van der Waals surface area contributed by atoms with Gasteiger partial charge in [0.1, 0.15) is 23.9 Å². The molecule has 0 radical (unpaired) electrons. The number of halogens is 1. The molecule has 3 aromatic rings. The average molecular weight is 395 g/mol. The van der Waals surface area contributed by atoms with Crippen molar-refractivity contribution in [3.05, 3.63) is 77.6 Å². The smallest absolute Gasteiger partial charge is 0.333 e. The van der Waals surface area contributed by atoms with Crippen molar-refractivity contribution >= 4 is 11.7 Å². The Hall–Kier alpha value is -3.58. The minimum Gasteiger partial charge on any atom is -0.496 e. The Kier molecular flexibility index (Phi) is 6.31. The van der Waals surface area contributed by atoms with Crippen LogP contribution in [-0.4, -0.2) is 13.1 Å².